The number of hydrogen-bond acceptors (Lipinski definition) is 2. The monoisotopic (exact) mass is 222 g/mol. The van der Waals surface area contributed by atoms with Crippen molar-refractivity contribution >= 4 is 11.7 Å². The maximum absolute atomic E-state index is 12.1. The van der Waals surface area contributed by atoms with Crippen LogP contribution in [0.3, 0.4) is 0 Å². The zero-order valence-electron chi connectivity index (χ0n) is 11.2. The van der Waals surface area contributed by atoms with Crippen LogP contribution < -0.4 is 0 Å². The van der Waals surface area contributed by atoms with E-state index in [2.05, 4.69) is 41.5 Å². The molecule has 0 aromatic heterocycles. The minimum Gasteiger partial charge on any atom is -0.293 e. The first-order valence-corrected chi connectivity index (χ1v) is 5.88. The van der Waals surface area contributed by atoms with E-state index in [-0.39, 0.29) is 28.4 Å². The number of allylic oxidation sites excluding steroid dienone is 1. The normalized spacial score (nSPS) is 27.1. The van der Waals surface area contributed by atoms with Gasteiger partial charge in [0.2, 0.25) is 0 Å². The van der Waals surface area contributed by atoms with E-state index >= 15 is 0 Å². The van der Waals surface area contributed by atoms with Crippen molar-refractivity contribution in [2.75, 3.05) is 0 Å². The fourth-order valence-electron chi connectivity index (χ4n) is 2.47. The van der Waals surface area contributed by atoms with Crippen molar-refractivity contribution in [3.05, 3.63) is 5.57 Å². The Balaban J connectivity index is 3.13. The molecule has 90 valence electrons. The van der Waals surface area contributed by atoms with Crippen molar-refractivity contribution in [2.24, 2.45) is 22.7 Å². The van der Waals surface area contributed by atoms with Gasteiger partial charge in [-0.15, -0.1) is 0 Å². The fraction of sp³-hybridized carbons (Fsp3) is 0.786. The summed E-state index contributed by atoms with van der Waals surface area (Å²) in [5.74, 6) is 1.93. The summed E-state index contributed by atoms with van der Waals surface area (Å²) in [6, 6.07) is 0. The van der Waals surface area contributed by atoms with E-state index in [1.165, 1.54) is 0 Å². The first kappa shape index (κ1) is 13.2. The van der Waals surface area contributed by atoms with E-state index in [0.29, 0.717) is 5.57 Å². The Morgan fingerprint density at radius 1 is 1.00 bits per heavy atom. The molecule has 1 aliphatic rings. The SMILES string of the molecule is CC(C)(C)[C@H]1C[C@H](C(C)(C)C)C(=C=O)C1=O. The number of hydrogen-bond donors (Lipinski definition) is 0. The molecule has 0 aromatic rings. The van der Waals surface area contributed by atoms with Gasteiger partial charge in [0.05, 0.1) is 5.57 Å². The van der Waals surface area contributed by atoms with Gasteiger partial charge in [-0.1, -0.05) is 41.5 Å². The molecular weight excluding hydrogens is 200 g/mol. The Morgan fingerprint density at radius 3 is 1.69 bits per heavy atom. The Kier molecular flexibility index (Phi) is 3.17. The van der Waals surface area contributed by atoms with E-state index in [1.807, 2.05) is 5.94 Å². The van der Waals surface area contributed by atoms with Crippen molar-refractivity contribution < 1.29 is 9.59 Å². The number of carbonyl (C=O) groups is 1. The van der Waals surface area contributed by atoms with Crippen LogP contribution in [0, 0.1) is 22.7 Å². The van der Waals surface area contributed by atoms with Crippen LogP contribution in [0.15, 0.2) is 5.57 Å². The summed E-state index contributed by atoms with van der Waals surface area (Å²) in [5, 5.41) is 0. The largest absolute Gasteiger partial charge is 0.293 e. The summed E-state index contributed by atoms with van der Waals surface area (Å²) in [4.78, 5) is 23.1. The molecule has 1 saturated carbocycles. The molecule has 2 heteroatoms. The summed E-state index contributed by atoms with van der Waals surface area (Å²) >= 11 is 0. The molecule has 0 spiro atoms. The third kappa shape index (κ3) is 2.27. The van der Waals surface area contributed by atoms with E-state index in [4.69, 9.17) is 0 Å². The maximum Gasteiger partial charge on any atom is 0.173 e. The molecule has 0 radical (unpaired) electrons. The summed E-state index contributed by atoms with van der Waals surface area (Å²) < 4.78 is 0. The van der Waals surface area contributed by atoms with Crippen LogP contribution in [0.4, 0.5) is 0 Å². The van der Waals surface area contributed by atoms with Crippen molar-refractivity contribution in [3.63, 3.8) is 0 Å². The van der Waals surface area contributed by atoms with Gasteiger partial charge >= 0.3 is 0 Å². The lowest BCUT2D eigenvalue weighted by Gasteiger charge is -2.29. The Hall–Kier alpha value is -0.880. The highest BCUT2D eigenvalue weighted by Gasteiger charge is 2.47. The second-order valence-electron chi connectivity index (χ2n) is 6.95. The molecule has 2 atom stereocenters. The quantitative estimate of drug-likeness (QED) is 0.466. The molecule has 0 N–H and O–H groups in total. The zero-order valence-corrected chi connectivity index (χ0v) is 11.2. The van der Waals surface area contributed by atoms with Gasteiger partial charge in [0, 0.05) is 11.8 Å². The van der Waals surface area contributed by atoms with Gasteiger partial charge in [-0.25, -0.2) is 4.79 Å². The highest BCUT2D eigenvalue weighted by atomic mass is 16.1. The van der Waals surface area contributed by atoms with E-state index in [1.54, 1.807) is 0 Å². The number of carbonyl (C=O) groups excluding carboxylic acids is 2. The van der Waals surface area contributed by atoms with Crippen molar-refractivity contribution in [1.82, 2.24) is 0 Å². The topological polar surface area (TPSA) is 34.1 Å². The number of rotatable bonds is 0. The molecule has 0 bridgehead atoms. The molecule has 1 fully saturated rings. The van der Waals surface area contributed by atoms with Crippen LogP contribution in [0.1, 0.15) is 48.0 Å². The fourth-order valence-corrected chi connectivity index (χ4v) is 2.47. The Labute approximate surface area is 98.1 Å². The predicted octanol–water partition coefficient (Wildman–Crippen LogP) is 3.04. The molecule has 16 heavy (non-hydrogen) atoms. The standard InChI is InChI=1S/C14H22O2/c1-13(2,3)10-7-11(14(4,5)6)12(16)9(10)8-15/h10-11H,7H2,1-6H3/t10-,11-/m0/s1. The average molecular weight is 222 g/mol. The molecule has 1 rings (SSSR count). The van der Waals surface area contributed by atoms with Gasteiger partial charge in [-0.3, -0.25) is 4.79 Å². The average Bonchev–Trinajstić information content (AvgIpc) is 2.40. The van der Waals surface area contributed by atoms with Gasteiger partial charge in [0.15, 0.2) is 5.78 Å². The predicted molar refractivity (Wildman–Crippen MR) is 64.7 cm³/mol. The molecule has 0 aliphatic heterocycles. The van der Waals surface area contributed by atoms with Gasteiger partial charge < -0.3 is 0 Å². The van der Waals surface area contributed by atoms with Crippen molar-refractivity contribution in [1.29, 1.82) is 0 Å². The van der Waals surface area contributed by atoms with Crippen LogP contribution in [0.2, 0.25) is 0 Å². The van der Waals surface area contributed by atoms with Crippen LogP contribution in [-0.4, -0.2) is 11.7 Å². The first-order valence-electron chi connectivity index (χ1n) is 5.88. The summed E-state index contributed by atoms with van der Waals surface area (Å²) in [6.07, 6.45) is 0.788. The second kappa shape index (κ2) is 3.85. The van der Waals surface area contributed by atoms with Gasteiger partial charge in [0.1, 0.15) is 5.94 Å². The lowest BCUT2D eigenvalue weighted by atomic mass is 9.75. The van der Waals surface area contributed by atoms with Crippen molar-refractivity contribution in [2.45, 2.75) is 48.0 Å². The van der Waals surface area contributed by atoms with Crippen LogP contribution in [0.5, 0.6) is 0 Å². The van der Waals surface area contributed by atoms with Crippen LogP contribution in [0.25, 0.3) is 0 Å². The third-order valence-corrected chi connectivity index (χ3v) is 3.60. The maximum atomic E-state index is 12.1. The third-order valence-electron chi connectivity index (χ3n) is 3.60. The summed E-state index contributed by atoms with van der Waals surface area (Å²) in [5.41, 5.74) is 0.272. The molecular formula is C14H22O2. The van der Waals surface area contributed by atoms with Crippen molar-refractivity contribution in [3.8, 4) is 0 Å². The van der Waals surface area contributed by atoms with Gasteiger partial charge in [-0.2, -0.15) is 0 Å². The number of Topliss-reactive ketones (excluding diaryl/α,β-unsaturated/α-hetero) is 1. The zero-order chi connectivity index (χ0) is 12.7. The molecule has 0 amide bonds. The number of ketones is 1. The first-order chi connectivity index (χ1) is 7.09. The van der Waals surface area contributed by atoms with E-state index < -0.39 is 0 Å². The molecule has 0 unspecified atom stereocenters. The van der Waals surface area contributed by atoms with Gasteiger partial charge in [0.25, 0.3) is 0 Å². The Bertz CT molecular complexity index is 346. The second-order valence-corrected chi connectivity index (χ2v) is 6.95. The van der Waals surface area contributed by atoms with Gasteiger partial charge in [-0.05, 0) is 17.3 Å². The lowest BCUT2D eigenvalue weighted by Crippen LogP contribution is -2.24. The summed E-state index contributed by atoms with van der Waals surface area (Å²) in [7, 11) is 0. The minimum atomic E-state index is -0.0703. The molecule has 0 heterocycles. The summed E-state index contributed by atoms with van der Waals surface area (Å²) in [6.45, 7) is 12.4. The lowest BCUT2D eigenvalue weighted by molar-refractivity contribution is -0.120. The van der Waals surface area contributed by atoms with Crippen LogP contribution >= 0.6 is 0 Å². The minimum absolute atomic E-state index is 0.0161. The highest BCUT2D eigenvalue weighted by Crippen LogP contribution is 2.48. The molecule has 0 aromatic carbocycles. The molecule has 1 aliphatic carbocycles. The Morgan fingerprint density at radius 2 is 1.44 bits per heavy atom. The van der Waals surface area contributed by atoms with E-state index in [9.17, 15) is 9.59 Å². The molecule has 0 saturated heterocycles. The smallest absolute Gasteiger partial charge is 0.173 e. The van der Waals surface area contributed by atoms with E-state index in [0.717, 1.165) is 6.42 Å². The van der Waals surface area contributed by atoms with Crippen LogP contribution in [-0.2, 0) is 9.59 Å². The molecule has 2 nitrogen and oxygen atoms in total. The highest BCUT2D eigenvalue weighted by molar-refractivity contribution is 6.06.